The molecule has 4 heterocycles. The molecule has 0 saturated carbocycles. The van der Waals surface area contributed by atoms with Crippen LogP contribution in [0.25, 0.3) is 48.4 Å². The highest BCUT2D eigenvalue weighted by Crippen LogP contribution is 2.38. The Morgan fingerprint density at radius 3 is 2.00 bits per heavy atom. The zero-order chi connectivity index (χ0) is 45.8. The third kappa shape index (κ3) is 9.99. The minimum Gasteiger partial charge on any atom is -0.481 e. The van der Waals surface area contributed by atoms with Crippen molar-refractivity contribution >= 4 is 69.8 Å². The van der Waals surface area contributed by atoms with Crippen molar-refractivity contribution < 1.29 is 43.5 Å². The Morgan fingerprint density at radius 1 is 0.738 bits per heavy atom. The van der Waals surface area contributed by atoms with Crippen molar-refractivity contribution in [2.24, 2.45) is 7.05 Å². The molecule has 4 aromatic heterocycles. The van der Waals surface area contributed by atoms with E-state index in [2.05, 4.69) is 20.0 Å². The zero-order valence-electron chi connectivity index (χ0n) is 35.2. The summed E-state index contributed by atoms with van der Waals surface area (Å²) in [6.45, 7) is 5.36. The number of hydrogen-bond acceptors (Lipinski definition) is 12. The first kappa shape index (κ1) is 44.1. The lowest BCUT2D eigenvalue weighted by Gasteiger charge is -2.15. The first-order chi connectivity index (χ1) is 31.3. The smallest absolute Gasteiger partial charge is 0.474 e. The first-order valence-corrected chi connectivity index (χ1v) is 22.5. The molecule has 2 amide bonds. The SMILES string of the molecule is Cc1nsc(-c2ccc(-c3ncc(C(=O)O)s3)cc2)c1NC(=O)OC(C)c1ccc(-n2n[n+](C)c(NC(=O)OC(C)c3ccccc3)c2-c2ccc(-c3ccc(CC(=O)O)s3)cc2)cc1. The van der Waals surface area contributed by atoms with E-state index < -0.39 is 36.3 Å². The van der Waals surface area contributed by atoms with Gasteiger partial charge in [0.05, 0.1) is 35.9 Å². The van der Waals surface area contributed by atoms with Gasteiger partial charge in [0.15, 0.2) is 0 Å². The molecule has 0 aliphatic rings. The lowest BCUT2D eigenvalue weighted by molar-refractivity contribution is -0.718. The molecule has 8 rings (SSSR count). The summed E-state index contributed by atoms with van der Waals surface area (Å²) in [5, 5.41) is 29.7. The van der Waals surface area contributed by atoms with Crippen LogP contribution < -0.4 is 15.3 Å². The minimum atomic E-state index is -1.03. The molecule has 0 radical (unpaired) electrons. The van der Waals surface area contributed by atoms with Crippen LogP contribution in [0.3, 0.4) is 0 Å². The summed E-state index contributed by atoms with van der Waals surface area (Å²) >= 11 is 3.74. The van der Waals surface area contributed by atoms with Gasteiger partial charge in [0.25, 0.3) is 5.82 Å². The Labute approximate surface area is 384 Å². The van der Waals surface area contributed by atoms with Gasteiger partial charge in [0.1, 0.15) is 27.8 Å². The molecule has 0 saturated heterocycles. The number of aryl methyl sites for hydroxylation is 2. The fourth-order valence-electron chi connectivity index (χ4n) is 6.94. The number of hydrogen-bond donors (Lipinski definition) is 4. The lowest BCUT2D eigenvalue weighted by Crippen LogP contribution is -2.36. The van der Waals surface area contributed by atoms with E-state index >= 15 is 0 Å². The molecule has 2 unspecified atom stereocenters. The van der Waals surface area contributed by atoms with Crippen molar-refractivity contribution in [2.75, 3.05) is 10.6 Å². The Hall–Kier alpha value is -7.54. The number of carbonyl (C=O) groups excluding carboxylic acids is 2. The quantitative estimate of drug-likeness (QED) is 0.0757. The Balaban J connectivity index is 1.00. The van der Waals surface area contributed by atoms with Gasteiger partial charge < -0.3 is 19.7 Å². The van der Waals surface area contributed by atoms with Gasteiger partial charge in [-0.1, -0.05) is 91.0 Å². The molecular weight excluding hydrogens is 887 g/mol. The normalized spacial score (nSPS) is 12.0. The van der Waals surface area contributed by atoms with Gasteiger partial charge in [0, 0.05) is 26.1 Å². The summed E-state index contributed by atoms with van der Waals surface area (Å²) in [6.07, 6.45) is -1.22. The monoisotopic (exact) mass is 926 g/mol. The molecule has 0 aliphatic heterocycles. The average molecular weight is 927 g/mol. The summed E-state index contributed by atoms with van der Waals surface area (Å²) in [5.74, 6) is -1.54. The molecule has 65 heavy (non-hydrogen) atoms. The van der Waals surface area contributed by atoms with E-state index in [1.807, 2.05) is 115 Å². The minimum absolute atomic E-state index is 0.0517. The van der Waals surface area contributed by atoms with Crippen molar-refractivity contribution in [3.8, 4) is 48.4 Å². The number of nitrogens with one attached hydrogen (secondary N) is 2. The van der Waals surface area contributed by atoms with Crippen molar-refractivity contribution in [3.63, 3.8) is 0 Å². The third-order valence-corrected chi connectivity index (χ3v) is 13.4. The van der Waals surface area contributed by atoms with Crippen LogP contribution in [0.2, 0.25) is 0 Å². The van der Waals surface area contributed by atoms with E-state index in [1.54, 1.807) is 37.2 Å². The summed E-state index contributed by atoms with van der Waals surface area (Å²) < 4.78 is 19.3. The van der Waals surface area contributed by atoms with E-state index in [9.17, 15) is 29.4 Å². The summed E-state index contributed by atoms with van der Waals surface area (Å²) in [7, 11) is 1.72. The molecule has 18 heteroatoms. The molecule has 4 aromatic carbocycles. The van der Waals surface area contributed by atoms with Crippen molar-refractivity contribution in [1.82, 2.24) is 19.3 Å². The summed E-state index contributed by atoms with van der Waals surface area (Å²) in [5.41, 5.74) is 7.13. The van der Waals surface area contributed by atoms with Gasteiger partial charge in [-0.2, -0.15) is 4.37 Å². The Bertz CT molecular complexity index is 3020. The number of anilines is 2. The van der Waals surface area contributed by atoms with Gasteiger partial charge in [-0.25, -0.2) is 24.7 Å². The Morgan fingerprint density at radius 2 is 1.35 bits per heavy atom. The second-order valence-corrected chi connectivity index (χ2v) is 17.7. The maximum atomic E-state index is 13.4. The van der Waals surface area contributed by atoms with E-state index in [1.165, 1.54) is 29.1 Å². The number of ether oxygens (including phenoxy) is 2. The van der Waals surface area contributed by atoms with Gasteiger partial charge >= 0.3 is 24.1 Å². The van der Waals surface area contributed by atoms with Crippen LogP contribution in [0.1, 0.15) is 57.4 Å². The number of aromatic nitrogens is 5. The fraction of sp³-hybridized carbons (Fsp3) is 0.149. The maximum Gasteiger partial charge on any atom is 0.474 e. The van der Waals surface area contributed by atoms with Gasteiger partial charge in [-0.05, 0) is 78.8 Å². The topological polar surface area (TPSA) is 199 Å². The molecular formula is C47H40N7O8S3+. The van der Waals surface area contributed by atoms with Crippen LogP contribution in [0, 0.1) is 6.92 Å². The number of carbonyl (C=O) groups is 4. The Kier molecular flexibility index (Phi) is 12.9. The predicted molar refractivity (Wildman–Crippen MR) is 249 cm³/mol. The van der Waals surface area contributed by atoms with E-state index in [0.29, 0.717) is 39.2 Å². The van der Waals surface area contributed by atoms with Crippen molar-refractivity contribution in [3.05, 3.63) is 148 Å². The number of aliphatic carboxylic acids is 1. The second kappa shape index (κ2) is 19.1. The average Bonchev–Trinajstić information content (AvgIpc) is 4.12. The number of benzene rings is 4. The van der Waals surface area contributed by atoms with E-state index in [-0.39, 0.29) is 11.3 Å². The van der Waals surface area contributed by atoms with Crippen molar-refractivity contribution in [1.29, 1.82) is 0 Å². The molecule has 0 spiro atoms. The molecule has 2 atom stereocenters. The third-order valence-electron chi connectivity index (χ3n) is 10.3. The van der Waals surface area contributed by atoms with Crippen LogP contribution in [-0.2, 0) is 27.7 Å². The number of aromatic carboxylic acids is 1. The van der Waals surface area contributed by atoms with Crippen molar-refractivity contribution in [2.45, 2.75) is 39.4 Å². The fourth-order valence-corrected chi connectivity index (χ4v) is 9.55. The van der Waals surface area contributed by atoms with Gasteiger partial charge in [0.2, 0.25) is 5.69 Å². The number of thiophene rings is 1. The zero-order valence-corrected chi connectivity index (χ0v) is 37.7. The molecule has 0 fully saturated rings. The standard InChI is InChI=1S/C47H39N7O8S3/c1-26-40(42(65-51-26)33-14-16-34(17-15-33)44-48-25-38(64-44)45(57)58)49-46(59)61-28(3)30-18-20-35(21-19-30)54-41(32-12-10-31(11-13-32)37-23-22-36(63-37)24-39(55)56)43(53(4)52-54)50-47(60)62-27(2)29-8-6-5-7-9-29/h5-23,25,27-28H,24H2,1-4H3,(H3-,48,49,50,52,55,56,57,58,59,60)/p+1. The molecule has 15 nitrogen and oxygen atoms in total. The molecule has 0 bridgehead atoms. The highest BCUT2D eigenvalue weighted by atomic mass is 32.1. The number of nitrogens with zero attached hydrogens (tertiary/aromatic N) is 5. The first-order valence-electron chi connectivity index (χ1n) is 20.1. The molecule has 4 N–H and O–H groups in total. The maximum absolute atomic E-state index is 13.4. The number of rotatable bonds is 14. The van der Waals surface area contributed by atoms with Crippen LogP contribution in [-0.4, -0.2) is 53.6 Å². The number of amides is 2. The highest BCUT2D eigenvalue weighted by molar-refractivity contribution is 7.16. The number of carboxylic acids is 2. The lowest BCUT2D eigenvalue weighted by atomic mass is 10.1. The van der Waals surface area contributed by atoms with Gasteiger partial charge in [-0.3, -0.25) is 10.1 Å². The van der Waals surface area contributed by atoms with Crippen LogP contribution in [0.4, 0.5) is 21.1 Å². The molecule has 328 valence electrons. The van der Waals surface area contributed by atoms with Gasteiger partial charge in [-0.15, -0.1) is 32.0 Å². The van der Waals surface area contributed by atoms with E-state index in [0.717, 1.165) is 53.8 Å². The number of thiazole rings is 1. The molecule has 8 aromatic rings. The predicted octanol–water partition coefficient (Wildman–Crippen LogP) is 10.6. The highest BCUT2D eigenvalue weighted by Gasteiger charge is 2.30. The van der Waals surface area contributed by atoms with Crippen LogP contribution in [0.15, 0.2) is 121 Å². The molecule has 0 aliphatic carbocycles. The van der Waals surface area contributed by atoms with Crippen LogP contribution >= 0.6 is 34.2 Å². The van der Waals surface area contributed by atoms with Crippen LogP contribution in [0.5, 0.6) is 0 Å². The second-order valence-electron chi connectivity index (χ2n) is 14.8. The summed E-state index contributed by atoms with van der Waals surface area (Å²) in [4.78, 5) is 56.1. The summed E-state index contributed by atoms with van der Waals surface area (Å²) in [6, 6.07) is 35.6. The van der Waals surface area contributed by atoms with E-state index in [4.69, 9.17) is 14.7 Å². The largest absolute Gasteiger partial charge is 0.481 e. The number of carboxylic acid groups (broad SMARTS) is 2.